The molecule has 0 saturated carbocycles. The van der Waals surface area contributed by atoms with E-state index in [1.807, 2.05) is 11.8 Å². The number of hydrogen-bond donors (Lipinski definition) is 1. The van der Waals surface area contributed by atoms with E-state index in [0.29, 0.717) is 12.0 Å². The smallest absolute Gasteiger partial charge is 0.0799 e. The highest BCUT2D eigenvalue weighted by atomic mass is 32.2. The molecule has 20 heavy (non-hydrogen) atoms. The standard InChI is InChI=1S/C17H25NOS/c1-13(2)14-4-3-5-15(10-14)18-16-6-8-19-17(11-16)7-9-20-12-17/h3-5,10,13,16,18H,6-9,11-12H2,1-2H3. The molecule has 0 radical (unpaired) electrons. The topological polar surface area (TPSA) is 21.3 Å². The van der Waals surface area contributed by atoms with Gasteiger partial charge in [-0.05, 0) is 48.6 Å². The summed E-state index contributed by atoms with van der Waals surface area (Å²) >= 11 is 2.04. The van der Waals surface area contributed by atoms with Gasteiger partial charge in [0.15, 0.2) is 0 Å². The predicted molar refractivity (Wildman–Crippen MR) is 87.8 cm³/mol. The minimum absolute atomic E-state index is 0.163. The number of benzene rings is 1. The van der Waals surface area contributed by atoms with Crippen LogP contribution in [0.1, 0.15) is 44.6 Å². The van der Waals surface area contributed by atoms with Gasteiger partial charge in [-0.3, -0.25) is 0 Å². The Hall–Kier alpha value is -0.670. The lowest BCUT2D eigenvalue weighted by molar-refractivity contribution is -0.0628. The molecule has 1 spiro atoms. The lowest BCUT2D eigenvalue weighted by Gasteiger charge is -2.38. The summed E-state index contributed by atoms with van der Waals surface area (Å²) in [6.07, 6.45) is 3.51. The quantitative estimate of drug-likeness (QED) is 0.898. The van der Waals surface area contributed by atoms with Crippen LogP contribution in [0.5, 0.6) is 0 Å². The Labute approximate surface area is 126 Å². The molecule has 2 fully saturated rings. The van der Waals surface area contributed by atoms with Gasteiger partial charge in [-0.15, -0.1) is 0 Å². The van der Waals surface area contributed by atoms with Gasteiger partial charge in [0.2, 0.25) is 0 Å². The van der Waals surface area contributed by atoms with Crippen LogP contribution >= 0.6 is 11.8 Å². The summed E-state index contributed by atoms with van der Waals surface area (Å²) in [5.41, 5.74) is 2.84. The number of ether oxygens (including phenoxy) is 1. The fourth-order valence-electron chi connectivity index (χ4n) is 3.24. The molecule has 0 aromatic heterocycles. The van der Waals surface area contributed by atoms with Gasteiger partial charge in [0, 0.05) is 24.1 Å². The van der Waals surface area contributed by atoms with Crippen LogP contribution in [0.15, 0.2) is 24.3 Å². The van der Waals surface area contributed by atoms with Crippen LogP contribution in [-0.4, -0.2) is 29.8 Å². The lowest BCUT2D eigenvalue weighted by atomic mass is 9.89. The zero-order valence-corrected chi connectivity index (χ0v) is 13.3. The summed E-state index contributed by atoms with van der Waals surface area (Å²) < 4.78 is 6.10. The molecule has 2 nitrogen and oxygen atoms in total. The van der Waals surface area contributed by atoms with Gasteiger partial charge in [0.05, 0.1) is 5.60 Å². The van der Waals surface area contributed by atoms with Gasteiger partial charge in [-0.25, -0.2) is 0 Å². The van der Waals surface area contributed by atoms with Crippen molar-refractivity contribution in [3.05, 3.63) is 29.8 Å². The second-order valence-electron chi connectivity index (χ2n) is 6.45. The van der Waals surface area contributed by atoms with E-state index in [4.69, 9.17) is 4.74 Å². The van der Waals surface area contributed by atoms with Crippen LogP contribution in [0, 0.1) is 0 Å². The van der Waals surface area contributed by atoms with Crippen molar-refractivity contribution in [3.63, 3.8) is 0 Å². The average molecular weight is 291 g/mol. The van der Waals surface area contributed by atoms with Crippen LogP contribution in [0.4, 0.5) is 5.69 Å². The summed E-state index contributed by atoms with van der Waals surface area (Å²) in [6, 6.07) is 9.44. The van der Waals surface area contributed by atoms with E-state index >= 15 is 0 Å². The Morgan fingerprint density at radius 2 is 2.30 bits per heavy atom. The third-order valence-electron chi connectivity index (χ3n) is 4.48. The minimum Gasteiger partial charge on any atom is -0.382 e. The Morgan fingerprint density at radius 1 is 1.40 bits per heavy atom. The van der Waals surface area contributed by atoms with Gasteiger partial charge in [-0.1, -0.05) is 26.0 Å². The zero-order valence-electron chi connectivity index (χ0n) is 12.5. The van der Waals surface area contributed by atoms with Crippen molar-refractivity contribution < 1.29 is 4.74 Å². The van der Waals surface area contributed by atoms with Crippen LogP contribution in [-0.2, 0) is 4.74 Å². The number of hydrogen-bond acceptors (Lipinski definition) is 3. The molecule has 1 N–H and O–H groups in total. The van der Waals surface area contributed by atoms with Gasteiger partial charge in [0.25, 0.3) is 0 Å². The van der Waals surface area contributed by atoms with Crippen LogP contribution in [0.25, 0.3) is 0 Å². The summed E-state index contributed by atoms with van der Waals surface area (Å²) in [6.45, 7) is 5.40. The van der Waals surface area contributed by atoms with E-state index in [9.17, 15) is 0 Å². The molecule has 2 heterocycles. The maximum absolute atomic E-state index is 6.10. The summed E-state index contributed by atoms with van der Waals surface area (Å²) in [5, 5.41) is 3.74. The normalized spacial score (nSPS) is 30.1. The SMILES string of the molecule is CC(C)c1cccc(NC2CCOC3(CCSC3)C2)c1. The molecule has 2 unspecified atom stereocenters. The molecule has 2 atom stereocenters. The predicted octanol–water partition coefficient (Wildman–Crippen LogP) is 4.28. The fraction of sp³-hybridized carbons (Fsp3) is 0.647. The first-order valence-corrected chi connectivity index (χ1v) is 8.91. The molecule has 0 amide bonds. The van der Waals surface area contributed by atoms with E-state index in [0.717, 1.165) is 19.4 Å². The van der Waals surface area contributed by atoms with Gasteiger partial charge in [0.1, 0.15) is 0 Å². The summed E-state index contributed by atoms with van der Waals surface area (Å²) in [4.78, 5) is 0. The molecule has 2 saturated heterocycles. The second kappa shape index (κ2) is 5.98. The van der Waals surface area contributed by atoms with Crippen molar-refractivity contribution in [3.8, 4) is 0 Å². The molecule has 1 aromatic rings. The van der Waals surface area contributed by atoms with E-state index < -0.39 is 0 Å². The third-order valence-corrected chi connectivity index (χ3v) is 5.71. The van der Waals surface area contributed by atoms with Crippen molar-refractivity contribution in [2.24, 2.45) is 0 Å². The fourth-order valence-corrected chi connectivity index (χ4v) is 4.62. The maximum Gasteiger partial charge on any atom is 0.0799 e. The first kappa shape index (κ1) is 14.3. The third kappa shape index (κ3) is 3.15. The average Bonchev–Trinajstić information content (AvgIpc) is 2.87. The molecular formula is C17H25NOS. The number of thioether (sulfide) groups is 1. The van der Waals surface area contributed by atoms with Gasteiger partial charge < -0.3 is 10.1 Å². The van der Waals surface area contributed by atoms with E-state index in [2.05, 4.69) is 43.4 Å². The molecule has 110 valence electrons. The highest BCUT2D eigenvalue weighted by Crippen LogP contribution is 2.39. The monoisotopic (exact) mass is 291 g/mol. The van der Waals surface area contributed by atoms with Crippen molar-refractivity contribution in [1.82, 2.24) is 0 Å². The molecule has 2 aliphatic rings. The highest BCUT2D eigenvalue weighted by Gasteiger charge is 2.40. The molecule has 3 rings (SSSR count). The largest absolute Gasteiger partial charge is 0.382 e. The molecule has 0 bridgehead atoms. The first-order valence-electron chi connectivity index (χ1n) is 7.75. The number of anilines is 1. The Morgan fingerprint density at radius 3 is 3.05 bits per heavy atom. The van der Waals surface area contributed by atoms with Crippen molar-refractivity contribution in [2.75, 3.05) is 23.4 Å². The highest BCUT2D eigenvalue weighted by molar-refractivity contribution is 7.99. The Bertz CT molecular complexity index is 454. The second-order valence-corrected chi connectivity index (χ2v) is 7.55. The molecule has 2 aliphatic heterocycles. The maximum atomic E-state index is 6.10. The Balaban J connectivity index is 1.66. The molecule has 3 heteroatoms. The van der Waals surface area contributed by atoms with Crippen LogP contribution in [0.2, 0.25) is 0 Å². The van der Waals surface area contributed by atoms with Crippen molar-refractivity contribution in [2.45, 2.75) is 50.7 Å². The van der Waals surface area contributed by atoms with Crippen LogP contribution in [0.3, 0.4) is 0 Å². The molecule has 1 aromatic carbocycles. The summed E-state index contributed by atoms with van der Waals surface area (Å²) in [7, 11) is 0. The number of rotatable bonds is 3. The zero-order chi connectivity index (χ0) is 14.0. The van der Waals surface area contributed by atoms with Crippen molar-refractivity contribution >= 4 is 17.4 Å². The van der Waals surface area contributed by atoms with E-state index in [1.165, 1.54) is 29.2 Å². The Kier molecular flexibility index (Phi) is 4.27. The first-order chi connectivity index (χ1) is 9.67. The van der Waals surface area contributed by atoms with Crippen molar-refractivity contribution in [1.29, 1.82) is 0 Å². The molecule has 0 aliphatic carbocycles. The summed E-state index contributed by atoms with van der Waals surface area (Å²) in [5.74, 6) is 3.02. The van der Waals surface area contributed by atoms with Crippen LogP contribution < -0.4 is 5.32 Å². The van der Waals surface area contributed by atoms with Gasteiger partial charge >= 0.3 is 0 Å². The minimum atomic E-state index is 0.163. The number of nitrogens with one attached hydrogen (secondary N) is 1. The van der Waals surface area contributed by atoms with E-state index in [1.54, 1.807) is 0 Å². The lowest BCUT2D eigenvalue weighted by Crippen LogP contribution is -2.44. The molecular weight excluding hydrogens is 266 g/mol. The van der Waals surface area contributed by atoms with Gasteiger partial charge in [-0.2, -0.15) is 11.8 Å². The van der Waals surface area contributed by atoms with E-state index in [-0.39, 0.29) is 5.60 Å².